The standard InChI is InChI=1S/C27H27F2N3O3/c28-24-5-3-6-25(29)23(24)11-12-27-31-21(19-35-27)18-34-22-9-7-20(8-10-22)4-1-2-15-32-16-14-30-26(32)13-17-33/h3,5-12,14,16,19,33H,1-2,4,13,15,17-18H2. The monoisotopic (exact) mass is 479 g/mol. The van der Waals surface area contributed by atoms with Gasteiger partial charge in [0.15, 0.2) is 0 Å². The molecule has 0 saturated heterocycles. The minimum Gasteiger partial charge on any atom is -0.487 e. The van der Waals surface area contributed by atoms with Gasteiger partial charge < -0.3 is 18.8 Å². The Bertz CT molecular complexity index is 1230. The van der Waals surface area contributed by atoms with Crippen LogP contribution in [0.3, 0.4) is 0 Å². The first-order chi connectivity index (χ1) is 17.1. The number of aryl methyl sites for hydroxylation is 2. The van der Waals surface area contributed by atoms with Crippen LogP contribution in [0.5, 0.6) is 5.75 Å². The Kier molecular flexibility index (Phi) is 8.40. The van der Waals surface area contributed by atoms with Gasteiger partial charge in [-0.2, -0.15) is 0 Å². The Morgan fingerprint density at radius 2 is 1.80 bits per heavy atom. The molecule has 0 atom stereocenters. The number of imidazole rings is 1. The van der Waals surface area contributed by atoms with Crippen LogP contribution in [-0.4, -0.2) is 26.2 Å². The normalized spacial score (nSPS) is 11.4. The summed E-state index contributed by atoms with van der Waals surface area (Å²) in [6, 6.07) is 11.6. The van der Waals surface area contributed by atoms with Crippen LogP contribution in [0.25, 0.3) is 12.2 Å². The molecule has 0 amide bonds. The molecule has 2 aromatic heterocycles. The molecule has 2 heterocycles. The van der Waals surface area contributed by atoms with Crippen LogP contribution in [0.4, 0.5) is 8.78 Å². The molecular formula is C27H27F2N3O3. The maximum atomic E-state index is 13.7. The van der Waals surface area contributed by atoms with Crippen molar-refractivity contribution < 1.29 is 23.0 Å². The van der Waals surface area contributed by atoms with Gasteiger partial charge in [-0.25, -0.2) is 18.7 Å². The highest BCUT2D eigenvalue weighted by molar-refractivity contribution is 5.66. The molecule has 0 saturated carbocycles. The molecular weight excluding hydrogens is 452 g/mol. The van der Waals surface area contributed by atoms with Crippen LogP contribution >= 0.6 is 0 Å². The van der Waals surface area contributed by atoms with Gasteiger partial charge >= 0.3 is 0 Å². The van der Waals surface area contributed by atoms with E-state index in [1.54, 1.807) is 6.20 Å². The Hall–Kier alpha value is -3.78. The summed E-state index contributed by atoms with van der Waals surface area (Å²) in [5.41, 5.74) is 1.66. The molecule has 4 rings (SSSR count). The molecule has 0 aliphatic rings. The van der Waals surface area contributed by atoms with Gasteiger partial charge in [0.1, 0.15) is 41.8 Å². The average Bonchev–Trinajstić information content (AvgIpc) is 3.50. The largest absolute Gasteiger partial charge is 0.487 e. The number of aromatic nitrogens is 3. The molecule has 0 aliphatic carbocycles. The zero-order valence-electron chi connectivity index (χ0n) is 19.2. The third kappa shape index (κ3) is 6.86. The second-order valence-corrected chi connectivity index (χ2v) is 8.05. The van der Waals surface area contributed by atoms with Gasteiger partial charge in [0.05, 0.1) is 6.61 Å². The number of unbranched alkanes of at least 4 members (excludes halogenated alkanes) is 1. The van der Waals surface area contributed by atoms with Gasteiger partial charge in [-0.3, -0.25) is 0 Å². The van der Waals surface area contributed by atoms with Gasteiger partial charge in [-0.1, -0.05) is 18.2 Å². The maximum absolute atomic E-state index is 13.7. The number of aliphatic hydroxyl groups excluding tert-OH is 1. The Morgan fingerprint density at radius 3 is 2.57 bits per heavy atom. The summed E-state index contributed by atoms with van der Waals surface area (Å²) < 4.78 is 40.6. The van der Waals surface area contributed by atoms with Crippen molar-refractivity contribution in [3.8, 4) is 5.75 Å². The van der Waals surface area contributed by atoms with Crippen molar-refractivity contribution in [1.82, 2.24) is 14.5 Å². The van der Waals surface area contributed by atoms with Crippen LogP contribution in [-0.2, 0) is 26.0 Å². The SMILES string of the molecule is OCCc1nccn1CCCCc1ccc(OCc2coc(C=Cc3c(F)cccc3F)n2)cc1. The fraction of sp³-hybridized carbons (Fsp3) is 0.259. The molecule has 0 fully saturated rings. The summed E-state index contributed by atoms with van der Waals surface area (Å²) in [4.78, 5) is 8.53. The highest BCUT2D eigenvalue weighted by Crippen LogP contribution is 2.18. The first-order valence-corrected chi connectivity index (χ1v) is 11.5. The molecule has 0 aliphatic heterocycles. The van der Waals surface area contributed by atoms with Crippen molar-refractivity contribution in [1.29, 1.82) is 0 Å². The summed E-state index contributed by atoms with van der Waals surface area (Å²) in [5.74, 6) is 0.578. The second-order valence-electron chi connectivity index (χ2n) is 8.05. The molecule has 35 heavy (non-hydrogen) atoms. The number of aliphatic hydroxyl groups is 1. The van der Waals surface area contributed by atoms with Crippen LogP contribution in [0, 0.1) is 11.6 Å². The molecule has 6 nitrogen and oxygen atoms in total. The summed E-state index contributed by atoms with van der Waals surface area (Å²) in [6.07, 6.45) is 11.5. The zero-order valence-corrected chi connectivity index (χ0v) is 19.2. The number of halogens is 2. The van der Waals surface area contributed by atoms with Gasteiger partial charge in [0.25, 0.3) is 0 Å². The molecule has 0 unspecified atom stereocenters. The van der Waals surface area contributed by atoms with E-state index < -0.39 is 11.6 Å². The van der Waals surface area contributed by atoms with E-state index in [0.29, 0.717) is 17.9 Å². The third-order valence-corrected chi connectivity index (χ3v) is 5.52. The van der Waals surface area contributed by atoms with Crippen molar-refractivity contribution in [2.45, 2.75) is 38.8 Å². The highest BCUT2D eigenvalue weighted by atomic mass is 19.1. The van der Waals surface area contributed by atoms with E-state index in [1.807, 2.05) is 30.5 Å². The van der Waals surface area contributed by atoms with Crippen molar-refractivity contribution in [3.05, 3.63) is 101 Å². The van der Waals surface area contributed by atoms with Crippen LogP contribution in [0.2, 0.25) is 0 Å². The van der Waals surface area contributed by atoms with E-state index in [9.17, 15) is 8.78 Å². The van der Waals surface area contributed by atoms with E-state index in [0.717, 1.165) is 31.6 Å². The van der Waals surface area contributed by atoms with Crippen LogP contribution in [0.1, 0.15) is 41.4 Å². The lowest BCUT2D eigenvalue weighted by atomic mass is 10.1. The van der Waals surface area contributed by atoms with Gasteiger partial charge in [-0.15, -0.1) is 0 Å². The molecule has 2 aromatic carbocycles. The lowest BCUT2D eigenvalue weighted by molar-refractivity contribution is 0.294. The maximum Gasteiger partial charge on any atom is 0.218 e. The summed E-state index contributed by atoms with van der Waals surface area (Å²) in [6.45, 7) is 1.21. The predicted molar refractivity (Wildman–Crippen MR) is 129 cm³/mol. The van der Waals surface area contributed by atoms with E-state index in [2.05, 4.69) is 14.5 Å². The number of hydrogen-bond acceptors (Lipinski definition) is 5. The van der Waals surface area contributed by atoms with Crippen LogP contribution < -0.4 is 4.74 Å². The predicted octanol–water partition coefficient (Wildman–Crippen LogP) is 5.46. The molecule has 8 heteroatoms. The Labute approximate surface area is 202 Å². The van der Waals surface area contributed by atoms with E-state index in [1.165, 1.54) is 42.2 Å². The average molecular weight is 480 g/mol. The number of rotatable bonds is 12. The lowest BCUT2D eigenvalue weighted by Gasteiger charge is -2.08. The van der Waals surface area contributed by atoms with Crippen molar-refractivity contribution in [2.24, 2.45) is 0 Å². The highest BCUT2D eigenvalue weighted by Gasteiger charge is 2.07. The fourth-order valence-corrected chi connectivity index (χ4v) is 3.68. The van der Waals surface area contributed by atoms with Crippen molar-refractivity contribution in [2.75, 3.05) is 6.61 Å². The van der Waals surface area contributed by atoms with Crippen molar-refractivity contribution >= 4 is 12.2 Å². The summed E-state index contributed by atoms with van der Waals surface area (Å²) in [7, 11) is 0. The van der Waals surface area contributed by atoms with Gasteiger partial charge in [0, 0.05) is 37.0 Å². The Balaban J connectivity index is 1.21. The number of ether oxygens (including phenoxy) is 1. The zero-order chi connectivity index (χ0) is 24.5. The van der Waals surface area contributed by atoms with Gasteiger partial charge in [0.2, 0.25) is 5.89 Å². The number of nitrogens with zero attached hydrogens (tertiary/aromatic N) is 3. The first kappa shape index (κ1) is 24.3. The van der Waals surface area contributed by atoms with E-state index in [-0.39, 0.29) is 24.7 Å². The fourth-order valence-electron chi connectivity index (χ4n) is 3.68. The number of oxazole rings is 1. The van der Waals surface area contributed by atoms with E-state index >= 15 is 0 Å². The van der Waals surface area contributed by atoms with Crippen molar-refractivity contribution in [3.63, 3.8) is 0 Å². The molecule has 0 radical (unpaired) electrons. The first-order valence-electron chi connectivity index (χ1n) is 11.5. The summed E-state index contributed by atoms with van der Waals surface area (Å²) in [5, 5.41) is 9.09. The molecule has 4 aromatic rings. The molecule has 0 spiro atoms. The topological polar surface area (TPSA) is 73.3 Å². The quantitative estimate of drug-likeness (QED) is 0.273. The molecule has 182 valence electrons. The molecule has 1 N–H and O–H groups in total. The number of hydrogen-bond donors (Lipinski definition) is 1. The third-order valence-electron chi connectivity index (χ3n) is 5.52. The van der Waals surface area contributed by atoms with Crippen LogP contribution in [0.15, 0.2) is 65.5 Å². The van der Waals surface area contributed by atoms with Gasteiger partial charge in [-0.05, 0) is 55.2 Å². The number of benzene rings is 2. The Morgan fingerprint density at radius 1 is 1.00 bits per heavy atom. The van der Waals surface area contributed by atoms with E-state index in [4.69, 9.17) is 14.3 Å². The summed E-state index contributed by atoms with van der Waals surface area (Å²) >= 11 is 0. The molecule has 0 bridgehead atoms. The second kappa shape index (κ2) is 12.1. The smallest absolute Gasteiger partial charge is 0.218 e. The minimum atomic E-state index is -0.648. The minimum absolute atomic E-state index is 0.108. The lowest BCUT2D eigenvalue weighted by Crippen LogP contribution is -2.05.